The summed E-state index contributed by atoms with van der Waals surface area (Å²) in [7, 11) is 0. The summed E-state index contributed by atoms with van der Waals surface area (Å²) >= 11 is 18.0. The Balaban J connectivity index is 1.56. The number of carbonyl (C=O) groups excluding carboxylic acids is 2. The maximum Gasteiger partial charge on any atom is 0.257 e. The third kappa shape index (κ3) is 6.74. The van der Waals surface area contributed by atoms with E-state index in [4.69, 9.17) is 40.2 Å². The molecule has 182 valence electrons. The highest BCUT2D eigenvalue weighted by Gasteiger charge is 2.22. The average Bonchev–Trinajstić information content (AvgIpc) is 2.81. The molecule has 1 saturated heterocycles. The molecule has 2 aromatic rings. The lowest BCUT2D eigenvalue weighted by molar-refractivity contribution is -0.131. The summed E-state index contributed by atoms with van der Waals surface area (Å²) in [6, 6.07) is 10.3. The molecule has 0 radical (unpaired) electrons. The van der Waals surface area contributed by atoms with Gasteiger partial charge in [-0.25, -0.2) is 0 Å². The number of amides is 2. The lowest BCUT2D eigenvalue weighted by Crippen LogP contribution is -2.48. The molecule has 2 amide bonds. The molecule has 1 heterocycles. The van der Waals surface area contributed by atoms with Crippen molar-refractivity contribution >= 4 is 63.7 Å². The first-order valence-corrected chi connectivity index (χ1v) is 12.4. The van der Waals surface area contributed by atoms with Crippen LogP contribution in [0.5, 0.6) is 5.75 Å². The minimum Gasteiger partial charge on any atom is -0.492 e. The lowest BCUT2D eigenvalue weighted by Gasteiger charge is -2.36. The number of rotatable bonds is 7. The zero-order valence-corrected chi connectivity index (χ0v) is 21.5. The molecular weight excluding hydrogens is 495 g/mol. The molecule has 1 fully saturated rings. The van der Waals surface area contributed by atoms with Crippen LogP contribution in [0, 0.1) is 0 Å². The van der Waals surface area contributed by atoms with Crippen LogP contribution < -0.4 is 20.3 Å². The zero-order valence-electron chi connectivity index (χ0n) is 19.2. The molecule has 0 saturated carbocycles. The van der Waals surface area contributed by atoms with E-state index in [0.717, 1.165) is 25.2 Å². The monoisotopic (exact) mass is 522 g/mol. The maximum absolute atomic E-state index is 12.5. The number of hydrogen-bond donors (Lipinski definition) is 2. The Labute approximate surface area is 215 Å². The van der Waals surface area contributed by atoms with Crippen molar-refractivity contribution in [1.82, 2.24) is 10.2 Å². The number of thiocarbonyl (C=S) groups is 1. The van der Waals surface area contributed by atoms with E-state index in [9.17, 15) is 9.59 Å². The number of hydrogen-bond acceptors (Lipinski definition) is 5. The van der Waals surface area contributed by atoms with Crippen molar-refractivity contribution < 1.29 is 14.3 Å². The maximum atomic E-state index is 12.5. The molecule has 1 aliphatic heterocycles. The van der Waals surface area contributed by atoms with Crippen molar-refractivity contribution in [3.63, 3.8) is 0 Å². The van der Waals surface area contributed by atoms with E-state index in [1.54, 1.807) is 18.2 Å². The van der Waals surface area contributed by atoms with Crippen LogP contribution in [0.3, 0.4) is 0 Å². The van der Waals surface area contributed by atoms with Gasteiger partial charge in [-0.2, -0.15) is 0 Å². The topological polar surface area (TPSA) is 73.9 Å². The third-order valence-corrected chi connectivity index (χ3v) is 6.17. The molecule has 0 aliphatic carbocycles. The molecule has 10 heteroatoms. The van der Waals surface area contributed by atoms with Crippen LogP contribution in [0.25, 0.3) is 0 Å². The van der Waals surface area contributed by atoms with Crippen molar-refractivity contribution in [2.24, 2.45) is 0 Å². The van der Waals surface area contributed by atoms with Crippen LogP contribution in [-0.4, -0.2) is 54.6 Å². The van der Waals surface area contributed by atoms with E-state index < -0.39 is 0 Å². The van der Waals surface area contributed by atoms with Gasteiger partial charge in [0.05, 0.1) is 22.3 Å². The molecule has 2 aromatic carbocycles. The van der Waals surface area contributed by atoms with Crippen LogP contribution in [0.2, 0.25) is 10.0 Å². The van der Waals surface area contributed by atoms with Gasteiger partial charge in [-0.15, -0.1) is 0 Å². The van der Waals surface area contributed by atoms with Gasteiger partial charge in [-0.1, -0.05) is 30.1 Å². The van der Waals surface area contributed by atoms with Crippen molar-refractivity contribution in [3.05, 3.63) is 52.0 Å². The number of nitrogens with zero attached hydrogens (tertiary/aromatic N) is 2. The number of benzene rings is 2. The van der Waals surface area contributed by atoms with Gasteiger partial charge in [-0.3, -0.25) is 14.9 Å². The quantitative estimate of drug-likeness (QED) is 0.500. The Morgan fingerprint density at radius 3 is 2.38 bits per heavy atom. The molecule has 0 atom stereocenters. The molecule has 0 unspecified atom stereocenters. The summed E-state index contributed by atoms with van der Waals surface area (Å²) in [6.07, 6.45) is 1.44. The van der Waals surface area contributed by atoms with Crippen LogP contribution in [-0.2, 0) is 4.79 Å². The van der Waals surface area contributed by atoms with Gasteiger partial charge in [0.2, 0.25) is 5.91 Å². The van der Waals surface area contributed by atoms with Crippen molar-refractivity contribution in [3.8, 4) is 5.75 Å². The number of ether oxygens (including phenoxy) is 1. The average molecular weight is 523 g/mol. The first kappa shape index (κ1) is 26.1. The smallest absolute Gasteiger partial charge is 0.257 e. The van der Waals surface area contributed by atoms with Crippen molar-refractivity contribution in [2.75, 3.05) is 43.0 Å². The number of piperazine rings is 1. The van der Waals surface area contributed by atoms with Gasteiger partial charge in [0.25, 0.3) is 5.91 Å². The summed E-state index contributed by atoms with van der Waals surface area (Å²) in [5.74, 6) is 0.335. The second-order valence-corrected chi connectivity index (χ2v) is 8.99. The van der Waals surface area contributed by atoms with E-state index >= 15 is 0 Å². The largest absolute Gasteiger partial charge is 0.492 e. The third-order valence-electron chi connectivity index (χ3n) is 5.36. The summed E-state index contributed by atoms with van der Waals surface area (Å²) in [5.41, 5.74) is 1.91. The predicted molar refractivity (Wildman–Crippen MR) is 141 cm³/mol. The molecule has 0 aromatic heterocycles. The first-order chi connectivity index (χ1) is 16.3. The SMILES string of the molecule is CCCC(=O)N1CCN(c2ccc(NC(=S)NC(=O)c3ccc(OCC)c(Cl)c3)cc2Cl)CC1. The highest BCUT2D eigenvalue weighted by molar-refractivity contribution is 7.80. The van der Waals surface area contributed by atoms with Crippen LogP contribution in [0.4, 0.5) is 11.4 Å². The van der Waals surface area contributed by atoms with Crippen molar-refractivity contribution in [1.29, 1.82) is 0 Å². The highest BCUT2D eigenvalue weighted by atomic mass is 35.5. The molecule has 34 heavy (non-hydrogen) atoms. The van der Waals surface area contributed by atoms with Gasteiger partial charge in [-0.05, 0) is 62.0 Å². The van der Waals surface area contributed by atoms with Crippen LogP contribution >= 0.6 is 35.4 Å². The molecule has 2 N–H and O–H groups in total. The minimum atomic E-state index is -0.388. The Morgan fingerprint density at radius 2 is 1.76 bits per heavy atom. The van der Waals surface area contributed by atoms with Gasteiger partial charge in [0.1, 0.15) is 5.75 Å². The van der Waals surface area contributed by atoms with Gasteiger partial charge >= 0.3 is 0 Å². The van der Waals surface area contributed by atoms with Gasteiger partial charge < -0.3 is 19.9 Å². The van der Waals surface area contributed by atoms with E-state index in [-0.39, 0.29) is 16.9 Å². The van der Waals surface area contributed by atoms with Crippen LogP contribution in [0.1, 0.15) is 37.0 Å². The molecule has 0 bridgehead atoms. The predicted octanol–water partition coefficient (Wildman–Crippen LogP) is 4.97. The minimum absolute atomic E-state index is 0.141. The number of carbonyl (C=O) groups is 2. The molecular formula is C24H28Cl2N4O3S. The molecule has 3 rings (SSSR count). The van der Waals surface area contributed by atoms with Gasteiger partial charge in [0.15, 0.2) is 5.11 Å². The van der Waals surface area contributed by atoms with Crippen molar-refractivity contribution in [2.45, 2.75) is 26.7 Å². The lowest BCUT2D eigenvalue weighted by atomic mass is 10.2. The normalized spacial score (nSPS) is 13.4. The standard InChI is InChI=1S/C24H28Cl2N4O3S/c1-3-5-22(31)30-12-10-29(11-13-30)20-8-7-17(15-18(20)25)27-24(34)28-23(32)16-6-9-21(33-4-2)19(26)14-16/h6-9,14-15H,3-5,10-13H2,1-2H3,(H2,27,28,32,34). The molecule has 7 nitrogen and oxygen atoms in total. The fourth-order valence-electron chi connectivity index (χ4n) is 3.66. The Bertz CT molecular complexity index is 1060. The van der Waals surface area contributed by atoms with E-state index in [0.29, 0.717) is 53.2 Å². The summed E-state index contributed by atoms with van der Waals surface area (Å²) in [6.45, 7) is 7.16. The summed E-state index contributed by atoms with van der Waals surface area (Å²) < 4.78 is 5.39. The summed E-state index contributed by atoms with van der Waals surface area (Å²) in [5, 5.41) is 6.67. The fraction of sp³-hybridized carbons (Fsp3) is 0.375. The van der Waals surface area contributed by atoms with E-state index in [2.05, 4.69) is 15.5 Å². The zero-order chi connectivity index (χ0) is 24.7. The molecule has 0 spiro atoms. The Hall–Kier alpha value is -2.55. The summed E-state index contributed by atoms with van der Waals surface area (Å²) in [4.78, 5) is 28.7. The fourth-order valence-corrected chi connectivity index (χ4v) is 4.41. The van der Waals surface area contributed by atoms with Gasteiger partial charge in [0, 0.05) is 43.9 Å². The second-order valence-electron chi connectivity index (χ2n) is 7.77. The van der Waals surface area contributed by atoms with E-state index in [1.807, 2.05) is 30.9 Å². The number of anilines is 2. The number of nitrogens with one attached hydrogen (secondary N) is 2. The first-order valence-electron chi connectivity index (χ1n) is 11.2. The molecule has 1 aliphatic rings. The van der Waals surface area contributed by atoms with E-state index in [1.165, 1.54) is 6.07 Å². The number of halogens is 2. The highest BCUT2D eigenvalue weighted by Crippen LogP contribution is 2.30. The Morgan fingerprint density at radius 1 is 1.03 bits per heavy atom. The second kappa shape index (κ2) is 12.2. The van der Waals surface area contributed by atoms with Crippen LogP contribution in [0.15, 0.2) is 36.4 Å². The Kier molecular flexibility index (Phi) is 9.38.